The quantitative estimate of drug-likeness (QED) is 0.766. The fourth-order valence-electron chi connectivity index (χ4n) is 2.48. The SMILES string of the molecule is Cc1nc([C@@H](C)NC(=O)c2cc3ccccc3n(C)c2=O)n[nH]1. The summed E-state index contributed by atoms with van der Waals surface area (Å²) in [6, 6.07) is 8.65. The Balaban J connectivity index is 1.95. The van der Waals surface area contributed by atoms with Crippen LogP contribution in [0.5, 0.6) is 0 Å². The van der Waals surface area contributed by atoms with Gasteiger partial charge in [-0.15, -0.1) is 0 Å². The fraction of sp³-hybridized carbons (Fsp3) is 0.250. The third-order valence-electron chi connectivity index (χ3n) is 3.73. The number of aromatic amines is 1. The van der Waals surface area contributed by atoms with Crippen LogP contribution in [0.3, 0.4) is 0 Å². The van der Waals surface area contributed by atoms with Gasteiger partial charge in [0.2, 0.25) is 0 Å². The largest absolute Gasteiger partial charge is 0.342 e. The van der Waals surface area contributed by atoms with Gasteiger partial charge in [-0.3, -0.25) is 14.7 Å². The molecule has 0 saturated heterocycles. The Morgan fingerprint density at radius 1 is 1.35 bits per heavy atom. The first-order valence-electron chi connectivity index (χ1n) is 7.26. The van der Waals surface area contributed by atoms with E-state index in [2.05, 4.69) is 20.5 Å². The summed E-state index contributed by atoms with van der Waals surface area (Å²) < 4.78 is 1.48. The van der Waals surface area contributed by atoms with E-state index in [0.29, 0.717) is 11.6 Å². The number of amides is 1. The second kappa shape index (κ2) is 5.68. The molecule has 7 nitrogen and oxygen atoms in total. The Kier molecular flexibility index (Phi) is 3.69. The molecule has 2 heterocycles. The lowest BCUT2D eigenvalue weighted by molar-refractivity contribution is 0.0936. The minimum Gasteiger partial charge on any atom is -0.342 e. The van der Waals surface area contributed by atoms with Crippen LogP contribution in [-0.4, -0.2) is 25.7 Å². The third-order valence-corrected chi connectivity index (χ3v) is 3.73. The maximum absolute atomic E-state index is 12.5. The highest BCUT2D eigenvalue weighted by Crippen LogP contribution is 2.13. The third kappa shape index (κ3) is 2.73. The summed E-state index contributed by atoms with van der Waals surface area (Å²) in [5, 5.41) is 10.3. The Bertz CT molecular complexity index is 941. The second-order valence-corrected chi connectivity index (χ2v) is 5.46. The fourth-order valence-corrected chi connectivity index (χ4v) is 2.48. The summed E-state index contributed by atoms with van der Waals surface area (Å²) in [6.45, 7) is 3.55. The minimum absolute atomic E-state index is 0.102. The van der Waals surface area contributed by atoms with E-state index in [1.807, 2.05) is 24.3 Å². The summed E-state index contributed by atoms with van der Waals surface area (Å²) >= 11 is 0. The highest BCUT2D eigenvalue weighted by Gasteiger charge is 2.18. The number of para-hydroxylation sites is 1. The molecule has 0 fully saturated rings. The zero-order valence-corrected chi connectivity index (χ0v) is 13.1. The van der Waals surface area contributed by atoms with E-state index < -0.39 is 11.9 Å². The molecule has 0 unspecified atom stereocenters. The molecule has 0 saturated carbocycles. The number of aromatic nitrogens is 4. The van der Waals surface area contributed by atoms with E-state index >= 15 is 0 Å². The lowest BCUT2D eigenvalue weighted by Gasteiger charge is -2.12. The molecule has 0 spiro atoms. The second-order valence-electron chi connectivity index (χ2n) is 5.46. The van der Waals surface area contributed by atoms with Gasteiger partial charge < -0.3 is 9.88 Å². The van der Waals surface area contributed by atoms with Gasteiger partial charge in [-0.2, -0.15) is 5.10 Å². The van der Waals surface area contributed by atoms with Gasteiger partial charge in [0.15, 0.2) is 5.82 Å². The average Bonchev–Trinajstić information content (AvgIpc) is 2.97. The number of hydrogen-bond donors (Lipinski definition) is 2. The summed E-state index contributed by atoms with van der Waals surface area (Å²) in [5.74, 6) is 0.711. The topological polar surface area (TPSA) is 92.7 Å². The van der Waals surface area contributed by atoms with Gasteiger partial charge in [-0.1, -0.05) is 18.2 Å². The normalized spacial score (nSPS) is 12.3. The molecule has 0 radical (unpaired) electrons. The number of aryl methyl sites for hydroxylation is 2. The van der Waals surface area contributed by atoms with Gasteiger partial charge in [0.05, 0.1) is 11.6 Å². The molecule has 2 N–H and O–H groups in total. The van der Waals surface area contributed by atoms with Crippen LogP contribution in [0.4, 0.5) is 0 Å². The van der Waals surface area contributed by atoms with E-state index in [0.717, 1.165) is 10.9 Å². The van der Waals surface area contributed by atoms with E-state index in [1.165, 1.54) is 4.57 Å². The average molecular weight is 311 g/mol. The first-order valence-corrected chi connectivity index (χ1v) is 7.26. The van der Waals surface area contributed by atoms with Crippen molar-refractivity contribution in [2.75, 3.05) is 0 Å². The Labute approximate surface area is 132 Å². The highest BCUT2D eigenvalue weighted by atomic mass is 16.2. The van der Waals surface area contributed by atoms with Crippen LogP contribution in [0.2, 0.25) is 0 Å². The van der Waals surface area contributed by atoms with Crippen LogP contribution in [0.25, 0.3) is 10.9 Å². The zero-order valence-electron chi connectivity index (χ0n) is 13.1. The standard InChI is InChI=1S/C16H17N5O2/c1-9(14-18-10(2)19-20-14)17-15(22)12-8-11-6-4-5-7-13(11)21(3)16(12)23/h4-9H,1-3H3,(H,17,22)(H,18,19,20)/t9-/m1/s1. The summed E-state index contributed by atoms with van der Waals surface area (Å²) in [4.78, 5) is 29.1. The summed E-state index contributed by atoms with van der Waals surface area (Å²) in [5.41, 5.74) is 0.552. The van der Waals surface area contributed by atoms with E-state index in [9.17, 15) is 9.59 Å². The molecule has 0 aliphatic rings. The van der Waals surface area contributed by atoms with Gasteiger partial charge in [0.25, 0.3) is 11.5 Å². The zero-order chi connectivity index (χ0) is 16.6. The lowest BCUT2D eigenvalue weighted by atomic mass is 10.1. The molecule has 7 heteroatoms. The van der Waals surface area contributed by atoms with E-state index in [1.54, 1.807) is 27.0 Å². The number of H-pyrrole nitrogens is 1. The van der Waals surface area contributed by atoms with E-state index in [4.69, 9.17) is 0 Å². The molecule has 3 aromatic rings. The van der Waals surface area contributed by atoms with E-state index in [-0.39, 0.29) is 11.1 Å². The predicted molar refractivity (Wildman–Crippen MR) is 86.2 cm³/mol. The summed E-state index contributed by atoms with van der Waals surface area (Å²) in [7, 11) is 1.66. The number of pyridine rings is 1. The number of carbonyl (C=O) groups excluding carboxylic acids is 1. The number of hydrogen-bond acceptors (Lipinski definition) is 4. The first-order chi connectivity index (χ1) is 11.0. The van der Waals surface area contributed by atoms with Crippen molar-refractivity contribution in [3.05, 3.63) is 57.9 Å². The van der Waals surface area contributed by atoms with Crippen molar-refractivity contribution in [3.8, 4) is 0 Å². The maximum Gasteiger partial charge on any atom is 0.263 e. The molecular formula is C16H17N5O2. The number of carbonyl (C=O) groups is 1. The first kappa shape index (κ1) is 15.0. The molecular weight excluding hydrogens is 294 g/mol. The maximum atomic E-state index is 12.5. The molecule has 0 aliphatic heterocycles. The molecule has 2 aromatic heterocycles. The van der Waals surface area contributed by atoms with Crippen molar-refractivity contribution in [1.82, 2.24) is 25.1 Å². The molecule has 23 heavy (non-hydrogen) atoms. The van der Waals surface area contributed by atoms with Crippen LogP contribution in [0.1, 0.15) is 35.0 Å². The number of nitrogens with zero attached hydrogens (tertiary/aromatic N) is 3. The molecule has 1 aromatic carbocycles. The summed E-state index contributed by atoms with van der Waals surface area (Å²) in [6.07, 6.45) is 0. The lowest BCUT2D eigenvalue weighted by Crippen LogP contribution is -2.34. The van der Waals surface area contributed by atoms with Crippen molar-refractivity contribution in [3.63, 3.8) is 0 Å². The van der Waals surface area contributed by atoms with Crippen LogP contribution < -0.4 is 10.9 Å². The molecule has 1 amide bonds. The van der Waals surface area contributed by atoms with Gasteiger partial charge in [-0.05, 0) is 31.4 Å². The van der Waals surface area contributed by atoms with Crippen LogP contribution in [0, 0.1) is 6.92 Å². The molecule has 0 aliphatic carbocycles. The van der Waals surface area contributed by atoms with Gasteiger partial charge >= 0.3 is 0 Å². The number of benzene rings is 1. The minimum atomic E-state index is -0.439. The number of fused-ring (bicyclic) bond motifs is 1. The highest BCUT2D eigenvalue weighted by molar-refractivity contribution is 5.97. The van der Waals surface area contributed by atoms with Gasteiger partial charge in [0, 0.05) is 7.05 Å². The molecule has 118 valence electrons. The number of rotatable bonds is 3. The van der Waals surface area contributed by atoms with Crippen molar-refractivity contribution < 1.29 is 4.79 Å². The van der Waals surface area contributed by atoms with Crippen LogP contribution >= 0.6 is 0 Å². The predicted octanol–water partition coefficient (Wildman–Crippen LogP) is 1.46. The Morgan fingerprint density at radius 3 is 2.78 bits per heavy atom. The van der Waals surface area contributed by atoms with Crippen LogP contribution in [-0.2, 0) is 7.05 Å². The molecule has 3 rings (SSSR count). The smallest absolute Gasteiger partial charge is 0.263 e. The monoisotopic (exact) mass is 311 g/mol. The van der Waals surface area contributed by atoms with Crippen molar-refractivity contribution >= 4 is 16.8 Å². The van der Waals surface area contributed by atoms with Crippen molar-refractivity contribution in [2.45, 2.75) is 19.9 Å². The Morgan fingerprint density at radius 2 is 2.09 bits per heavy atom. The molecule has 1 atom stereocenters. The van der Waals surface area contributed by atoms with Crippen molar-refractivity contribution in [1.29, 1.82) is 0 Å². The van der Waals surface area contributed by atoms with Crippen molar-refractivity contribution in [2.24, 2.45) is 7.05 Å². The Hall–Kier alpha value is -2.96. The van der Waals surface area contributed by atoms with Gasteiger partial charge in [-0.25, -0.2) is 4.98 Å². The van der Waals surface area contributed by atoms with Gasteiger partial charge in [0.1, 0.15) is 11.4 Å². The van der Waals surface area contributed by atoms with Crippen LogP contribution in [0.15, 0.2) is 35.1 Å². The number of nitrogens with one attached hydrogen (secondary N) is 2. The molecule has 0 bridgehead atoms.